The van der Waals surface area contributed by atoms with Gasteiger partial charge in [-0.3, -0.25) is 14.5 Å². The minimum absolute atomic E-state index is 0.0180. The summed E-state index contributed by atoms with van der Waals surface area (Å²) in [7, 11) is 0. The lowest BCUT2D eigenvalue weighted by atomic mass is 10.1. The van der Waals surface area contributed by atoms with Crippen LogP contribution in [0.15, 0.2) is 54.6 Å². The molecule has 0 bridgehead atoms. The lowest BCUT2D eigenvalue weighted by molar-refractivity contribution is 0.0581. The predicted molar refractivity (Wildman–Crippen MR) is 101 cm³/mol. The molecule has 1 aliphatic rings. The highest BCUT2D eigenvalue weighted by Gasteiger charge is 2.31. The highest BCUT2D eigenvalue weighted by molar-refractivity contribution is 5.93. The van der Waals surface area contributed by atoms with Crippen molar-refractivity contribution in [2.45, 2.75) is 39.6 Å². The molecular formula is C21H22N4O2. The summed E-state index contributed by atoms with van der Waals surface area (Å²) in [5.41, 5.74) is 3.21. The van der Waals surface area contributed by atoms with E-state index in [1.165, 1.54) is 0 Å². The van der Waals surface area contributed by atoms with Gasteiger partial charge in [0.25, 0.3) is 5.91 Å². The number of aromatic nitrogens is 3. The maximum atomic E-state index is 13.0. The van der Waals surface area contributed by atoms with Crippen molar-refractivity contribution < 1.29 is 9.53 Å². The summed E-state index contributed by atoms with van der Waals surface area (Å²) in [6.45, 7) is 5.50. The fourth-order valence-electron chi connectivity index (χ4n) is 3.31. The first-order valence-corrected chi connectivity index (χ1v) is 9.08. The summed E-state index contributed by atoms with van der Waals surface area (Å²) in [5, 5.41) is 4.55. The van der Waals surface area contributed by atoms with Crippen molar-refractivity contribution in [2.24, 2.45) is 0 Å². The molecule has 4 rings (SSSR count). The van der Waals surface area contributed by atoms with Gasteiger partial charge in [0, 0.05) is 11.7 Å². The second-order valence-electron chi connectivity index (χ2n) is 6.86. The van der Waals surface area contributed by atoms with Crippen molar-refractivity contribution in [3.63, 3.8) is 0 Å². The Bertz CT molecular complexity index is 952. The average Bonchev–Trinajstić information content (AvgIpc) is 3.07. The Hall–Kier alpha value is -3.15. The lowest BCUT2D eigenvalue weighted by Gasteiger charge is -2.33. The Morgan fingerprint density at radius 2 is 1.93 bits per heavy atom. The SMILES string of the molecule is Cc1cccc(CN2C(=O)c3cc(COc4ccccc4)nn3C[C@H]2C)n1. The zero-order chi connectivity index (χ0) is 18.8. The summed E-state index contributed by atoms with van der Waals surface area (Å²) in [6, 6.07) is 17.4. The van der Waals surface area contributed by atoms with Gasteiger partial charge in [-0.25, -0.2) is 0 Å². The van der Waals surface area contributed by atoms with Gasteiger partial charge in [-0.2, -0.15) is 5.10 Å². The Labute approximate surface area is 158 Å². The van der Waals surface area contributed by atoms with Crippen LogP contribution in [0.5, 0.6) is 5.75 Å². The Morgan fingerprint density at radius 3 is 2.70 bits per heavy atom. The molecule has 6 nitrogen and oxygen atoms in total. The fourth-order valence-corrected chi connectivity index (χ4v) is 3.31. The van der Waals surface area contributed by atoms with E-state index >= 15 is 0 Å². The highest BCUT2D eigenvalue weighted by Crippen LogP contribution is 2.21. The first-order valence-electron chi connectivity index (χ1n) is 9.08. The van der Waals surface area contributed by atoms with Crippen LogP contribution in [0.4, 0.5) is 0 Å². The second kappa shape index (κ2) is 7.23. The van der Waals surface area contributed by atoms with Crippen molar-refractivity contribution in [1.29, 1.82) is 0 Å². The van der Waals surface area contributed by atoms with Crippen molar-refractivity contribution >= 4 is 5.91 Å². The third-order valence-corrected chi connectivity index (χ3v) is 4.69. The van der Waals surface area contributed by atoms with Crippen molar-refractivity contribution in [3.05, 3.63) is 77.4 Å². The maximum Gasteiger partial charge on any atom is 0.272 e. The van der Waals surface area contributed by atoms with E-state index in [0.717, 1.165) is 22.8 Å². The number of amides is 1. The molecule has 0 aliphatic carbocycles. The number of benzene rings is 1. The molecule has 0 N–H and O–H groups in total. The number of carbonyl (C=O) groups excluding carboxylic acids is 1. The van der Waals surface area contributed by atoms with Gasteiger partial charge in [0.15, 0.2) is 0 Å². The molecule has 2 aromatic heterocycles. The molecule has 138 valence electrons. The molecule has 1 aliphatic heterocycles. The van der Waals surface area contributed by atoms with Gasteiger partial charge < -0.3 is 9.64 Å². The summed E-state index contributed by atoms with van der Waals surface area (Å²) in [4.78, 5) is 19.4. The van der Waals surface area contributed by atoms with Gasteiger partial charge in [-0.1, -0.05) is 24.3 Å². The lowest BCUT2D eigenvalue weighted by Crippen LogP contribution is -2.46. The zero-order valence-corrected chi connectivity index (χ0v) is 15.5. The van der Waals surface area contributed by atoms with E-state index in [4.69, 9.17) is 4.74 Å². The van der Waals surface area contributed by atoms with Crippen LogP contribution in [0.1, 0.15) is 34.5 Å². The van der Waals surface area contributed by atoms with Crippen molar-refractivity contribution in [3.8, 4) is 5.75 Å². The minimum atomic E-state index is -0.0180. The van der Waals surface area contributed by atoms with Crippen LogP contribution in [0.2, 0.25) is 0 Å². The summed E-state index contributed by atoms with van der Waals surface area (Å²) < 4.78 is 7.55. The number of ether oxygens (including phenoxy) is 1. The van der Waals surface area contributed by atoms with Crippen LogP contribution < -0.4 is 4.74 Å². The van der Waals surface area contributed by atoms with Gasteiger partial charge in [0.1, 0.15) is 23.7 Å². The predicted octanol–water partition coefficient (Wildman–Crippen LogP) is 3.21. The second-order valence-corrected chi connectivity index (χ2v) is 6.86. The minimum Gasteiger partial charge on any atom is -0.487 e. The molecule has 1 amide bonds. The quantitative estimate of drug-likeness (QED) is 0.699. The van der Waals surface area contributed by atoms with Crippen molar-refractivity contribution in [1.82, 2.24) is 19.7 Å². The highest BCUT2D eigenvalue weighted by atomic mass is 16.5. The van der Waals surface area contributed by atoms with E-state index in [9.17, 15) is 4.79 Å². The van der Waals surface area contributed by atoms with Crippen LogP contribution in [0.25, 0.3) is 0 Å². The monoisotopic (exact) mass is 362 g/mol. The molecule has 0 saturated heterocycles. The molecule has 1 aromatic carbocycles. The zero-order valence-electron chi connectivity index (χ0n) is 15.5. The van der Waals surface area contributed by atoms with Crippen LogP contribution in [-0.4, -0.2) is 31.6 Å². The molecule has 6 heteroatoms. The first kappa shape index (κ1) is 17.3. The van der Waals surface area contributed by atoms with E-state index in [0.29, 0.717) is 25.4 Å². The number of hydrogen-bond donors (Lipinski definition) is 0. The van der Waals surface area contributed by atoms with Gasteiger partial charge in [0.05, 0.1) is 18.8 Å². The third kappa shape index (κ3) is 3.69. The standard InChI is InChI=1S/C21H22N4O2/c1-15-7-6-8-17(22-15)13-24-16(2)12-25-20(21(24)26)11-18(23-25)14-27-19-9-4-3-5-10-19/h3-11,16H,12-14H2,1-2H3/t16-/m1/s1. The number of nitrogens with zero attached hydrogens (tertiary/aromatic N) is 4. The summed E-state index contributed by atoms with van der Waals surface area (Å²) in [5.74, 6) is 0.769. The molecule has 0 radical (unpaired) electrons. The van der Waals surface area contributed by atoms with Gasteiger partial charge in [-0.05, 0) is 44.2 Å². The van der Waals surface area contributed by atoms with E-state index < -0.39 is 0 Å². The topological polar surface area (TPSA) is 60.3 Å². The smallest absolute Gasteiger partial charge is 0.272 e. The molecular weight excluding hydrogens is 340 g/mol. The molecule has 27 heavy (non-hydrogen) atoms. The number of para-hydroxylation sites is 1. The number of rotatable bonds is 5. The van der Waals surface area contributed by atoms with Gasteiger partial charge in [-0.15, -0.1) is 0 Å². The molecule has 0 fully saturated rings. The third-order valence-electron chi connectivity index (χ3n) is 4.69. The van der Waals surface area contributed by atoms with E-state index in [-0.39, 0.29) is 11.9 Å². The molecule has 0 unspecified atom stereocenters. The van der Waals surface area contributed by atoms with Gasteiger partial charge in [0.2, 0.25) is 0 Å². The molecule has 0 spiro atoms. The maximum absolute atomic E-state index is 13.0. The first-order chi connectivity index (χ1) is 13.1. The Kier molecular flexibility index (Phi) is 4.62. The van der Waals surface area contributed by atoms with E-state index in [2.05, 4.69) is 10.1 Å². The molecule has 1 atom stereocenters. The number of carbonyl (C=O) groups is 1. The van der Waals surface area contributed by atoms with Crippen LogP contribution >= 0.6 is 0 Å². The van der Waals surface area contributed by atoms with Crippen LogP contribution in [0, 0.1) is 6.92 Å². The van der Waals surface area contributed by atoms with Crippen LogP contribution in [-0.2, 0) is 19.7 Å². The Morgan fingerprint density at radius 1 is 1.11 bits per heavy atom. The largest absolute Gasteiger partial charge is 0.487 e. The molecule has 3 aromatic rings. The normalized spacial score (nSPS) is 16.3. The molecule has 0 saturated carbocycles. The summed E-state index contributed by atoms with van der Waals surface area (Å²) in [6.07, 6.45) is 0. The van der Waals surface area contributed by atoms with E-state index in [1.807, 2.05) is 73.3 Å². The summed E-state index contributed by atoms with van der Waals surface area (Å²) >= 11 is 0. The average molecular weight is 362 g/mol. The van der Waals surface area contributed by atoms with Gasteiger partial charge >= 0.3 is 0 Å². The Balaban J connectivity index is 1.50. The number of hydrogen-bond acceptors (Lipinski definition) is 4. The molecule has 3 heterocycles. The number of aryl methyl sites for hydroxylation is 1. The number of pyridine rings is 1. The van der Waals surface area contributed by atoms with Crippen LogP contribution in [0.3, 0.4) is 0 Å². The fraction of sp³-hybridized carbons (Fsp3) is 0.286. The number of fused-ring (bicyclic) bond motifs is 1. The van der Waals surface area contributed by atoms with E-state index in [1.54, 1.807) is 4.68 Å². The van der Waals surface area contributed by atoms with Crippen molar-refractivity contribution in [2.75, 3.05) is 0 Å².